The lowest BCUT2D eigenvalue weighted by Gasteiger charge is -2.04. The van der Waals surface area contributed by atoms with Gasteiger partial charge in [-0.15, -0.1) is 0 Å². The highest BCUT2D eigenvalue weighted by atomic mass is 16.5. The third kappa shape index (κ3) is 29.5. The maximum Gasteiger partial charge on any atom is 0.334 e. The molecule has 0 aromatic heterocycles. The monoisotopic (exact) mass is 338 g/mol. The first-order valence-electron chi connectivity index (χ1n) is 8.10. The number of carboxylic acid groups (broad SMARTS) is 1. The van der Waals surface area contributed by atoms with Gasteiger partial charge in [0.15, 0.2) is 0 Å². The van der Waals surface area contributed by atoms with E-state index in [1.54, 1.807) is 0 Å². The number of aliphatic hydroxyl groups excluding tert-OH is 3. The molecule has 0 saturated carbocycles. The summed E-state index contributed by atoms with van der Waals surface area (Å²) in [6.07, 6.45) is 4.16. The highest BCUT2D eigenvalue weighted by Crippen LogP contribution is 1.95. The number of carbonyl (C=O) groups is 2. The highest BCUT2D eigenvalue weighted by molar-refractivity contribution is 5.73. The Morgan fingerprint density at radius 1 is 0.913 bits per heavy atom. The van der Waals surface area contributed by atoms with Gasteiger partial charge in [0.1, 0.15) is 12.2 Å². The minimum Gasteiger partial charge on any atom is -0.479 e. The number of esters is 1. The van der Waals surface area contributed by atoms with Crippen LogP contribution in [-0.2, 0) is 14.3 Å². The molecule has 0 spiro atoms. The second-order valence-corrected chi connectivity index (χ2v) is 5.00. The lowest BCUT2D eigenvalue weighted by atomic mass is 10.3. The fourth-order valence-electron chi connectivity index (χ4n) is 1.01. The van der Waals surface area contributed by atoms with E-state index in [9.17, 15) is 9.59 Å². The van der Waals surface area contributed by atoms with Gasteiger partial charge in [0.25, 0.3) is 0 Å². The number of ether oxygens (including phenoxy) is 1. The van der Waals surface area contributed by atoms with Gasteiger partial charge in [-0.1, -0.05) is 39.5 Å². The molecule has 0 aromatic rings. The Balaban J connectivity index is -0.000000284. The number of aliphatic carboxylic acids is 1. The molecule has 0 aromatic carbocycles. The first-order chi connectivity index (χ1) is 10.7. The van der Waals surface area contributed by atoms with E-state index in [4.69, 9.17) is 25.2 Å². The smallest absolute Gasteiger partial charge is 0.334 e. The predicted octanol–water partition coefficient (Wildman–Crippen LogP) is 1.72. The lowest BCUT2D eigenvalue weighted by Crippen LogP contribution is -2.19. The van der Waals surface area contributed by atoms with Gasteiger partial charge >= 0.3 is 11.9 Å². The Morgan fingerprint density at radius 2 is 1.35 bits per heavy atom. The fourth-order valence-corrected chi connectivity index (χ4v) is 1.01. The van der Waals surface area contributed by atoms with Crippen LogP contribution in [0.2, 0.25) is 0 Å². The van der Waals surface area contributed by atoms with E-state index in [0.717, 1.165) is 32.1 Å². The molecule has 0 aliphatic heterocycles. The van der Waals surface area contributed by atoms with E-state index in [1.807, 2.05) is 0 Å². The molecule has 7 nitrogen and oxygen atoms in total. The van der Waals surface area contributed by atoms with E-state index in [0.29, 0.717) is 13.2 Å². The standard InChI is InChI=1S/C8H16O3.C5H12O.C3H6O3/c1-3-4-5-6-11-8(10)7(2)9;1-2-3-4-5-6;1-2(4)3(5)6/h7,9H,3-6H2,1-2H3;6H,2-5H2,1H3;2,4H,1H3,(H,5,6)/t7-;;2-/m0.0/s1. The van der Waals surface area contributed by atoms with Crippen LogP contribution in [0.25, 0.3) is 0 Å². The van der Waals surface area contributed by atoms with E-state index in [-0.39, 0.29) is 0 Å². The zero-order valence-electron chi connectivity index (χ0n) is 14.8. The molecule has 0 heterocycles. The van der Waals surface area contributed by atoms with E-state index in [1.165, 1.54) is 20.3 Å². The highest BCUT2D eigenvalue weighted by Gasteiger charge is 2.08. The minimum absolute atomic E-state index is 0.355. The number of unbranched alkanes of at least 4 members (excludes halogenated alkanes) is 4. The van der Waals surface area contributed by atoms with Crippen molar-refractivity contribution < 1.29 is 34.8 Å². The first-order valence-corrected chi connectivity index (χ1v) is 8.10. The molecular weight excluding hydrogens is 304 g/mol. The van der Waals surface area contributed by atoms with Gasteiger partial charge in [0.2, 0.25) is 0 Å². The number of carboxylic acids is 1. The summed E-state index contributed by atoms with van der Waals surface area (Å²) in [4.78, 5) is 20.1. The van der Waals surface area contributed by atoms with Gasteiger partial charge in [0.05, 0.1) is 6.61 Å². The molecule has 0 unspecified atom stereocenters. The first kappa shape index (κ1) is 26.7. The van der Waals surface area contributed by atoms with Crippen LogP contribution in [0.15, 0.2) is 0 Å². The van der Waals surface area contributed by atoms with Crippen molar-refractivity contribution in [3.8, 4) is 0 Å². The van der Waals surface area contributed by atoms with Crippen molar-refractivity contribution in [2.45, 2.75) is 78.4 Å². The van der Waals surface area contributed by atoms with Gasteiger partial charge in [0, 0.05) is 6.61 Å². The Labute approximate surface area is 139 Å². The minimum atomic E-state index is -1.23. The fraction of sp³-hybridized carbons (Fsp3) is 0.875. The van der Waals surface area contributed by atoms with Crippen LogP contribution in [-0.4, -0.2) is 57.8 Å². The molecule has 23 heavy (non-hydrogen) atoms. The normalized spacial score (nSPS) is 12.0. The molecule has 2 atom stereocenters. The maximum atomic E-state index is 10.6. The Bertz CT molecular complexity index is 261. The van der Waals surface area contributed by atoms with Gasteiger partial charge in [-0.3, -0.25) is 0 Å². The van der Waals surface area contributed by atoms with Crippen molar-refractivity contribution >= 4 is 11.9 Å². The third-order valence-electron chi connectivity index (χ3n) is 2.45. The zero-order chi connectivity index (χ0) is 18.7. The van der Waals surface area contributed by atoms with Crippen LogP contribution in [0, 0.1) is 0 Å². The molecule has 0 aliphatic rings. The number of carbonyl (C=O) groups excluding carboxylic acids is 1. The summed E-state index contributed by atoms with van der Waals surface area (Å²) in [7, 11) is 0. The molecule has 140 valence electrons. The Kier molecular flexibility index (Phi) is 24.2. The third-order valence-corrected chi connectivity index (χ3v) is 2.45. The summed E-state index contributed by atoms with van der Waals surface area (Å²) in [6.45, 7) is 7.59. The van der Waals surface area contributed by atoms with Gasteiger partial charge in [-0.25, -0.2) is 9.59 Å². The molecule has 0 radical (unpaired) electrons. The van der Waals surface area contributed by atoms with E-state index < -0.39 is 24.1 Å². The van der Waals surface area contributed by atoms with Gasteiger partial charge in [-0.2, -0.15) is 0 Å². The number of aliphatic hydroxyl groups is 3. The van der Waals surface area contributed by atoms with Crippen LogP contribution < -0.4 is 0 Å². The average molecular weight is 338 g/mol. The maximum absolute atomic E-state index is 10.6. The molecular formula is C16H34O7. The molecule has 7 heteroatoms. The van der Waals surface area contributed by atoms with Crippen LogP contribution in [0.4, 0.5) is 0 Å². The van der Waals surface area contributed by atoms with Crippen molar-refractivity contribution in [2.24, 2.45) is 0 Å². The molecule has 0 bridgehead atoms. The van der Waals surface area contributed by atoms with Crippen molar-refractivity contribution in [2.75, 3.05) is 13.2 Å². The van der Waals surface area contributed by atoms with Crippen LogP contribution in [0.3, 0.4) is 0 Å². The topological polar surface area (TPSA) is 124 Å². The Morgan fingerprint density at radius 3 is 1.61 bits per heavy atom. The van der Waals surface area contributed by atoms with Crippen LogP contribution >= 0.6 is 0 Å². The second-order valence-electron chi connectivity index (χ2n) is 5.00. The molecule has 0 rings (SSSR count). The van der Waals surface area contributed by atoms with Gasteiger partial charge < -0.3 is 25.2 Å². The summed E-state index contributed by atoms with van der Waals surface area (Å²) in [5.41, 5.74) is 0. The summed E-state index contributed by atoms with van der Waals surface area (Å²) >= 11 is 0. The molecule has 0 fully saturated rings. The van der Waals surface area contributed by atoms with Crippen LogP contribution in [0.1, 0.15) is 66.2 Å². The second kappa shape index (κ2) is 20.8. The summed E-state index contributed by atoms with van der Waals surface area (Å²) in [6, 6.07) is 0. The van der Waals surface area contributed by atoms with Crippen molar-refractivity contribution in [3.05, 3.63) is 0 Å². The Hall–Kier alpha value is -1.18. The summed E-state index contributed by atoms with van der Waals surface area (Å²) < 4.78 is 4.72. The van der Waals surface area contributed by atoms with E-state index >= 15 is 0 Å². The average Bonchev–Trinajstić information content (AvgIpc) is 2.50. The lowest BCUT2D eigenvalue weighted by molar-refractivity contribution is -0.152. The SMILES string of the molecule is CCCCCO.CCCCCOC(=O)[C@H](C)O.C[C@H](O)C(=O)O. The number of rotatable bonds is 9. The van der Waals surface area contributed by atoms with E-state index in [2.05, 4.69) is 13.8 Å². The molecule has 4 N–H and O–H groups in total. The predicted molar refractivity (Wildman–Crippen MR) is 88.1 cm³/mol. The molecule has 0 saturated heterocycles. The largest absolute Gasteiger partial charge is 0.479 e. The van der Waals surface area contributed by atoms with Crippen molar-refractivity contribution in [3.63, 3.8) is 0 Å². The van der Waals surface area contributed by atoms with Crippen molar-refractivity contribution in [1.29, 1.82) is 0 Å². The summed E-state index contributed by atoms with van der Waals surface area (Å²) in [5.74, 6) is -1.71. The summed E-state index contributed by atoms with van der Waals surface area (Å²) in [5, 5.41) is 32.7. The molecule has 0 amide bonds. The zero-order valence-corrected chi connectivity index (χ0v) is 14.8. The van der Waals surface area contributed by atoms with Crippen molar-refractivity contribution in [1.82, 2.24) is 0 Å². The number of hydrogen-bond donors (Lipinski definition) is 4. The quantitative estimate of drug-likeness (QED) is 0.373. The van der Waals surface area contributed by atoms with Gasteiger partial charge in [-0.05, 0) is 26.7 Å². The van der Waals surface area contributed by atoms with Crippen LogP contribution in [0.5, 0.6) is 0 Å². The molecule has 0 aliphatic carbocycles. The number of hydrogen-bond acceptors (Lipinski definition) is 6.